The Morgan fingerprint density at radius 1 is 1.00 bits per heavy atom. The average Bonchev–Trinajstić information content (AvgIpc) is 0. The molecule has 0 aromatic carbocycles. The topological polar surface area (TPSA) is 0 Å². The van der Waals surface area contributed by atoms with E-state index in [1.54, 1.807) is 0 Å². The molecule has 0 spiro atoms. The van der Waals surface area contributed by atoms with Crippen molar-refractivity contribution in [3.63, 3.8) is 0 Å². The Balaban J connectivity index is 0. The minimum Gasteiger partial charge on any atom is 0 e. The van der Waals surface area contributed by atoms with Crippen LogP contribution < -0.4 is 0 Å². The zero-order valence-electron chi connectivity index (χ0n) is 2.43. The molecule has 0 aromatic rings. The summed E-state index contributed by atoms with van der Waals surface area (Å²) in [6, 6.07) is 0. The number of hydrogen-bond donors (Lipinski definition) is 0. The monoisotopic (exact) mass is 314 g/mol. The summed E-state index contributed by atoms with van der Waals surface area (Å²) in [5, 5.41) is 0. The van der Waals surface area contributed by atoms with Gasteiger partial charge in [0, 0.05) is 105 Å². The van der Waals surface area contributed by atoms with Gasteiger partial charge in [-0.2, -0.15) is 0 Å². The van der Waals surface area contributed by atoms with Crippen molar-refractivity contribution >= 4 is 17.4 Å². The van der Waals surface area contributed by atoms with Gasteiger partial charge in [-0.1, -0.05) is 0 Å². The Hall–Kier alpha value is 3.40. The first kappa shape index (κ1) is 39.8. The maximum absolute atomic E-state index is 0. The molecule has 4 radical (unpaired) electrons. The van der Waals surface area contributed by atoms with E-state index in [-0.39, 0.29) is 105 Å². The molecule has 0 heterocycles. The maximum atomic E-state index is 0. The van der Waals surface area contributed by atoms with Crippen LogP contribution in [0.4, 0.5) is 0 Å². The summed E-state index contributed by atoms with van der Waals surface area (Å²) in [6.07, 6.45) is 0. The molecule has 0 fully saturated rings. The molecule has 0 N–H and O–H groups in total. The van der Waals surface area contributed by atoms with Gasteiger partial charge in [-0.25, -0.2) is 0 Å². The van der Waals surface area contributed by atoms with Crippen molar-refractivity contribution in [3.8, 4) is 0 Å². The van der Waals surface area contributed by atoms with Crippen LogP contribution in [-0.2, 0) is 87.5 Å². The van der Waals surface area contributed by atoms with E-state index in [2.05, 4.69) is 0 Å². The van der Waals surface area contributed by atoms with E-state index in [1.165, 1.54) is 0 Å². The molecule has 0 unspecified atom stereocenters. The molecule has 0 saturated carbocycles. The standard InChI is InChI=1S/Al.Mo.Ti.V.Zr. The van der Waals surface area contributed by atoms with Crippen LogP contribution in [0.2, 0.25) is 0 Å². The number of hydrogen-bond acceptors (Lipinski definition) is 0. The summed E-state index contributed by atoms with van der Waals surface area (Å²) in [5.74, 6) is 0. The van der Waals surface area contributed by atoms with Crippen molar-refractivity contribution in [2.45, 2.75) is 0 Å². The minimum atomic E-state index is 0. The second-order valence-electron chi connectivity index (χ2n) is 0. The van der Waals surface area contributed by atoms with Crippen LogP contribution in [0, 0.1) is 0 Å². The maximum Gasteiger partial charge on any atom is 0 e. The summed E-state index contributed by atoms with van der Waals surface area (Å²) >= 11 is 0. The van der Waals surface area contributed by atoms with Gasteiger partial charge in [0.1, 0.15) is 0 Å². The molecule has 0 nitrogen and oxygen atoms in total. The molecule has 5 heteroatoms. The third kappa shape index (κ3) is 18.7. The summed E-state index contributed by atoms with van der Waals surface area (Å²) in [6.45, 7) is 0. The van der Waals surface area contributed by atoms with Gasteiger partial charge in [-0.05, 0) is 0 Å². The van der Waals surface area contributed by atoms with Crippen LogP contribution in [0.5, 0.6) is 0 Å². The van der Waals surface area contributed by atoms with E-state index in [1.807, 2.05) is 0 Å². The molecule has 0 bridgehead atoms. The van der Waals surface area contributed by atoms with Crippen molar-refractivity contribution in [3.05, 3.63) is 0 Å². The summed E-state index contributed by atoms with van der Waals surface area (Å²) in [5.41, 5.74) is 0. The van der Waals surface area contributed by atoms with E-state index < -0.39 is 0 Å². The molecule has 0 aliphatic heterocycles. The average molecular weight is 313 g/mol. The van der Waals surface area contributed by atoms with Gasteiger partial charge < -0.3 is 0 Å². The number of rotatable bonds is 0. The van der Waals surface area contributed by atoms with Gasteiger partial charge >= 0.3 is 0 Å². The zero-order chi connectivity index (χ0) is 0. The van der Waals surface area contributed by atoms with E-state index >= 15 is 0 Å². The second kappa shape index (κ2) is 26.2. The summed E-state index contributed by atoms with van der Waals surface area (Å²) < 4.78 is 0. The molecule has 0 aromatic heterocycles. The predicted molar refractivity (Wildman–Crippen MR) is 5.75 cm³/mol. The van der Waals surface area contributed by atoms with E-state index in [9.17, 15) is 0 Å². The Bertz CT molecular complexity index is 11.6. The second-order valence-corrected chi connectivity index (χ2v) is 0. The first-order chi connectivity index (χ1) is 0. The fourth-order valence-corrected chi connectivity index (χ4v) is 0. The van der Waals surface area contributed by atoms with Crippen molar-refractivity contribution < 1.29 is 87.5 Å². The van der Waals surface area contributed by atoms with Crippen molar-refractivity contribution in [1.82, 2.24) is 0 Å². The Kier molecular flexibility index (Phi) is 208. The molecular weight excluding hydrogens is 313 g/mol. The van der Waals surface area contributed by atoms with Gasteiger partial charge in [0.2, 0.25) is 0 Å². The summed E-state index contributed by atoms with van der Waals surface area (Å²) in [4.78, 5) is 0. The van der Waals surface area contributed by atoms with Gasteiger partial charge in [0.15, 0.2) is 0 Å². The smallest absolute Gasteiger partial charge is 0 e. The fourth-order valence-electron chi connectivity index (χ4n) is 0. The Labute approximate surface area is 103 Å². The first-order valence-corrected chi connectivity index (χ1v) is 0. The normalized spacial score (nSPS) is 0. The van der Waals surface area contributed by atoms with Gasteiger partial charge in [-0.15, -0.1) is 0 Å². The quantitative estimate of drug-likeness (QED) is 0.535. The Morgan fingerprint density at radius 3 is 1.00 bits per heavy atom. The Morgan fingerprint density at radius 2 is 1.00 bits per heavy atom. The van der Waals surface area contributed by atoms with Crippen molar-refractivity contribution in [1.29, 1.82) is 0 Å². The van der Waals surface area contributed by atoms with Crippen LogP contribution in [0.15, 0.2) is 0 Å². The van der Waals surface area contributed by atoms with E-state index in [0.717, 1.165) is 0 Å². The molecule has 0 amide bonds. The summed E-state index contributed by atoms with van der Waals surface area (Å²) in [7, 11) is 0. The SMILES string of the molecule is [Al].[Mo].[Ti].[V].[Zr]. The molecule has 0 saturated heterocycles. The van der Waals surface area contributed by atoms with Gasteiger partial charge in [-0.3, -0.25) is 0 Å². The van der Waals surface area contributed by atoms with E-state index in [4.69, 9.17) is 0 Å². The zero-order valence-corrected chi connectivity index (χ0v) is 11.0. The van der Waals surface area contributed by atoms with Crippen LogP contribution in [-0.4, -0.2) is 17.4 Å². The van der Waals surface area contributed by atoms with Crippen LogP contribution in [0.3, 0.4) is 0 Å². The largest absolute Gasteiger partial charge is 0 e. The molecule has 5 heavy (non-hydrogen) atoms. The van der Waals surface area contributed by atoms with Crippen molar-refractivity contribution in [2.24, 2.45) is 0 Å². The third-order valence-electron chi connectivity index (χ3n) is 0. The van der Waals surface area contributed by atoms with Crippen LogP contribution in [0.25, 0.3) is 0 Å². The minimum absolute atomic E-state index is 0. The molecule has 0 atom stereocenters. The molecule has 0 aliphatic carbocycles. The third-order valence-corrected chi connectivity index (χ3v) is 0. The molecule has 0 aliphatic rings. The van der Waals surface area contributed by atoms with Crippen LogP contribution in [0.1, 0.15) is 0 Å². The van der Waals surface area contributed by atoms with E-state index in [0.29, 0.717) is 0 Å². The van der Waals surface area contributed by atoms with Crippen molar-refractivity contribution in [2.75, 3.05) is 0 Å². The van der Waals surface area contributed by atoms with Gasteiger partial charge in [0.25, 0.3) is 0 Å². The fraction of sp³-hybridized carbons (Fsp3) is 0. The predicted octanol–water partition coefficient (Wildman–Crippen LogP) is -0.391. The molecular formula is AlMoTiVZr. The van der Waals surface area contributed by atoms with Crippen LogP contribution >= 0.6 is 0 Å². The molecule has 22 valence electrons. The first-order valence-electron chi connectivity index (χ1n) is 0. The molecule has 0 rings (SSSR count). The van der Waals surface area contributed by atoms with Gasteiger partial charge in [0.05, 0.1) is 0 Å².